The highest BCUT2D eigenvalue weighted by Crippen LogP contribution is 2.42. The molecule has 4 heterocycles. The maximum Gasteiger partial charge on any atom is 0.323 e. The Balaban J connectivity index is 1.22. The highest BCUT2D eigenvalue weighted by atomic mass is 35.5. The van der Waals surface area contributed by atoms with Crippen LogP contribution >= 0.6 is 23.2 Å². The van der Waals surface area contributed by atoms with Crippen LogP contribution in [0.5, 0.6) is 11.6 Å². The van der Waals surface area contributed by atoms with Crippen molar-refractivity contribution >= 4 is 35.1 Å². The van der Waals surface area contributed by atoms with E-state index in [9.17, 15) is 9.59 Å². The summed E-state index contributed by atoms with van der Waals surface area (Å²) in [6.45, 7) is 2.13. The maximum absolute atomic E-state index is 12.4. The molecule has 0 saturated carbocycles. The third-order valence-corrected chi connectivity index (χ3v) is 9.44. The van der Waals surface area contributed by atoms with E-state index in [-0.39, 0.29) is 30.6 Å². The zero-order valence-electron chi connectivity index (χ0n) is 26.8. The molecule has 4 aromatic rings. The van der Waals surface area contributed by atoms with Gasteiger partial charge in [0.25, 0.3) is 0 Å². The Kier molecular flexibility index (Phi) is 10.8. The molecule has 2 aliphatic rings. The summed E-state index contributed by atoms with van der Waals surface area (Å²) in [5.41, 5.74) is 5.74. The molecule has 1 unspecified atom stereocenters. The summed E-state index contributed by atoms with van der Waals surface area (Å²) < 4.78 is 16.8. The highest BCUT2D eigenvalue weighted by Gasteiger charge is 2.24. The van der Waals surface area contributed by atoms with E-state index < -0.39 is 0 Å². The molecule has 0 aliphatic carbocycles. The molecule has 1 amide bonds. The van der Waals surface area contributed by atoms with Gasteiger partial charge in [-0.05, 0) is 44.0 Å². The van der Waals surface area contributed by atoms with E-state index in [1.165, 1.54) is 0 Å². The van der Waals surface area contributed by atoms with Crippen molar-refractivity contribution in [2.45, 2.75) is 50.9 Å². The number of halogens is 2. The number of carbonyl (C=O) groups is 2. The molecule has 2 aliphatic heterocycles. The van der Waals surface area contributed by atoms with Crippen molar-refractivity contribution < 1.29 is 23.8 Å². The number of aromatic nitrogens is 2. The number of ether oxygens (including phenoxy) is 3. The molecule has 2 aromatic carbocycles. The maximum atomic E-state index is 12.4. The predicted molar refractivity (Wildman–Crippen MR) is 185 cm³/mol. The largest absolute Gasteiger partial charge is 0.496 e. The van der Waals surface area contributed by atoms with Gasteiger partial charge in [-0.25, -0.2) is 4.98 Å². The molecule has 0 bridgehead atoms. The Bertz CT molecular complexity index is 1810. The number of nitrogens with zero attached hydrogens (tertiary/aromatic N) is 2. The Morgan fingerprint density at radius 1 is 0.979 bits per heavy atom. The minimum absolute atomic E-state index is 0.0938. The Hall–Kier alpha value is -4.22. The minimum atomic E-state index is -0.260. The number of pyridine rings is 2. The van der Waals surface area contributed by atoms with Gasteiger partial charge in [0.05, 0.1) is 35.7 Å². The van der Waals surface area contributed by atoms with Gasteiger partial charge in [-0.2, -0.15) is 0 Å². The van der Waals surface area contributed by atoms with Gasteiger partial charge >= 0.3 is 5.97 Å². The van der Waals surface area contributed by atoms with E-state index in [1.807, 2.05) is 54.6 Å². The molecule has 2 saturated heterocycles. The normalized spacial score (nSPS) is 17.3. The van der Waals surface area contributed by atoms with Crippen molar-refractivity contribution in [3.05, 3.63) is 82.0 Å². The molecule has 12 heteroatoms. The fourth-order valence-corrected chi connectivity index (χ4v) is 6.73. The molecule has 250 valence electrons. The summed E-state index contributed by atoms with van der Waals surface area (Å²) in [6.07, 6.45) is 4.83. The van der Waals surface area contributed by atoms with Crippen LogP contribution in [0.2, 0.25) is 10.0 Å². The first-order chi connectivity index (χ1) is 23.4. The van der Waals surface area contributed by atoms with Crippen LogP contribution in [-0.4, -0.2) is 61.2 Å². The highest BCUT2D eigenvalue weighted by molar-refractivity contribution is 6.39. The second-order valence-corrected chi connectivity index (χ2v) is 12.5. The average Bonchev–Trinajstić information content (AvgIpc) is 3.80. The van der Waals surface area contributed by atoms with E-state index in [0.717, 1.165) is 53.6 Å². The van der Waals surface area contributed by atoms with Crippen LogP contribution in [0.1, 0.15) is 36.8 Å². The van der Waals surface area contributed by atoms with Gasteiger partial charge in [0.2, 0.25) is 11.8 Å². The topological polar surface area (TPSA) is 124 Å². The van der Waals surface area contributed by atoms with E-state index in [1.54, 1.807) is 20.4 Å². The molecular weight excluding hydrogens is 653 g/mol. The summed E-state index contributed by atoms with van der Waals surface area (Å²) in [5.74, 6) is 0.885. The SMILES string of the molecule is COc1cc(-c2nccc(-c3cccc(-c4ccc(CNCC5CCC(=O)N5)c(OC)n4)c3Cl)c2Cl)ccc1COC(=O)[C@@H]1CCCN1. The molecular formula is C36H37Cl2N5O5. The zero-order chi connectivity index (χ0) is 33.6. The third-order valence-electron chi connectivity index (χ3n) is 8.65. The molecule has 0 radical (unpaired) electrons. The summed E-state index contributed by atoms with van der Waals surface area (Å²) >= 11 is 14.1. The van der Waals surface area contributed by atoms with Crippen molar-refractivity contribution in [2.24, 2.45) is 0 Å². The quantitative estimate of drug-likeness (QED) is 0.155. The number of carbonyl (C=O) groups excluding carboxylic acids is 2. The minimum Gasteiger partial charge on any atom is -0.496 e. The zero-order valence-corrected chi connectivity index (χ0v) is 28.3. The standard InChI is InChI=1S/C36H37Cl2N5O5/c1-46-30-17-21(8-9-23(30)20-48-36(45)29-7-4-15-40-29)34-33(38)26(14-16-41-34)25-5-3-6-27(32(25)37)28-12-10-22(35(43-28)47-2)18-39-19-24-11-13-31(44)42-24/h3,5-6,8-10,12,14,16-17,24,29,39-40H,4,7,11,13,15,18-20H2,1-2H3,(H,42,44)/t24?,29-/m0/s1. The first kappa shape index (κ1) is 33.7. The molecule has 48 heavy (non-hydrogen) atoms. The smallest absolute Gasteiger partial charge is 0.323 e. The monoisotopic (exact) mass is 689 g/mol. The number of benzene rings is 2. The fourth-order valence-electron chi connectivity index (χ4n) is 6.08. The van der Waals surface area contributed by atoms with E-state index >= 15 is 0 Å². The Morgan fingerprint density at radius 2 is 1.79 bits per heavy atom. The van der Waals surface area contributed by atoms with Crippen LogP contribution in [0.15, 0.2) is 60.8 Å². The van der Waals surface area contributed by atoms with Gasteiger partial charge in [0.1, 0.15) is 18.4 Å². The number of hydrogen-bond donors (Lipinski definition) is 3. The summed E-state index contributed by atoms with van der Waals surface area (Å²) in [6, 6.07) is 16.9. The number of hydrogen-bond acceptors (Lipinski definition) is 9. The van der Waals surface area contributed by atoms with Crippen molar-refractivity contribution in [1.29, 1.82) is 0 Å². The van der Waals surface area contributed by atoms with Gasteiger partial charge in [-0.3, -0.25) is 14.6 Å². The van der Waals surface area contributed by atoms with Crippen LogP contribution < -0.4 is 25.4 Å². The van der Waals surface area contributed by atoms with Gasteiger partial charge in [-0.15, -0.1) is 0 Å². The lowest BCUT2D eigenvalue weighted by molar-refractivity contribution is -0.147. The third kappa shape index (κ3) is 7.42. The van der Waals surface area contributed by atoms with Gasteiger partial charge in [0, 0.05) is 65.1 Å². The average molecular weight is 691 g/mol. The Morgan fingerprint density at radius 3 is 2.54 bits per heavy atom. The van der Waals surface area contributed by atoms with E-state index in [4.69, 9.17) is 42.4 Å². The van der Waals surface area contributed by atoms with Crippen molar-refractivity contribution in [3.8, 4) is 45.3 Å². The molecule has 3 N–H and O–H groups in total. The van der Waals surface area contributed by atoms with E-state index in [0.29, 0.717) is 58.1 Å². The van der Waals surface area contributed by atoms with Crippen LogP contribution in [0.4, 0.5) is 0 Å². The van der Waals surface area contributed by atoms with Crippen LogP contribution in [0.3, 0.4) is 0 Å². The Labute approximate surface area is 289 Å². The predicted octanol–water partition coefficient (Wildman–Crippen LogP) is 5.97. The van der Waals surface area contributed by atoms with Crippen molar-refractivity contribution in [3.63, 3.8) is 0 Å². The molecule has 6 rings (SSSR count). The number of rotatable bonds is 12. The van der Waals surface area contributed by atoms with Crippen molar-refractivity contribution in [1.82, 2.24) is 25.9 Å². The molecule has 2 aromatic heterocycles. The van der Waals surface area contributed by atoms with Crippen LogP contribution in [0.25, 0.3) is 33.6 Å². The summed E-state index contributed by atoms with van der Waals surface area (Å²) in [5, 5.41) is 10.4. The fraction of sp³-hybridized carbons (Fsp3) is 0.333. The number of amides is 1. The molecule has 0 spiro atoms. The van der Waals surface area contributed by atoms with Gasteiger partial charge in [-0.1, -0.05) is 59.6 Å². The second kappa shape index (κ2) is 15.3. The van der Waals surface area contributed by atoms with Gasteiger partial charge < -0.3 is 30.2 Å². The summed E-state index contributed by atoms with van der Waals surface area (Å²) in [7, 11) is 3.16. The second-order valence-electron chi connectivity index (χ2n) is 11.8. The lowest BCUT2D eigenvalue weighted by Gasteiger charge is -2.16. The molecule has 2 fully saturated rings. The first-order valence-corrected chi connectivity index (χ1v) is 16.7. The first-order valence-electron chi connectivity index (χ1n) is 15.9. The number of methoxy groups -OCH3 is 2. The number of nitrogens with one attached hydrogen (secondary N) is 3. The molecule has 10 nitrogen and oxygen atoms in total. The summed E-state index contributed by atoms with van der Waals surface area (Å²) in [4.78, 5) is 33.3. The number of esters is 1. The lowest BCUT2D eigenvalue weighted by atomic mass is 9.99. The van der Waals surface area contributed by atoms with Crippen LogP contribution in [0, 0.1) is 0 Å². The van der Waals surface area contributed by atoms with Crippen molar-refractivity contribution in [2.75, 3.05) is 27.3 Å². The van der Waals surface area contributed by atoms with E-state index in [2.05, 4.69) is 20.9 Å². The van der Waals surface area contributed by atoms with Crippen LogP contribution in [-0.2, 0) is 27.5 Å². The van der Waals surface area contributed by atoms with Gasteiger partial charge in [0.15, 0.2) is 0 Å². The molecule has 2 atom stereocenters. The lowest BCUT2D eigenvalue weighted by Crippen LogP contribution is -2.35.